The quantitative estimate of drug-likeness (QED) is 0.643. The largest absolute Gasteiger partial charge is 0.492 e. The number of hydrogen-bond acceptors (Lipinski definition) is 4. The SMILES string of the molecule is COCCCSCCCOc1ccccc1C#N. The molecule has 18 heavy (non-hydrogen) atoms. The number of rotatable bonds is 9. The molecule has 0 N–H and O–H groups in total. The van der Waals surface area contributed by atoms with Gasteiger partial charge in [0.15, 0.2) is 0 Å². The van der Waals surface area contributed by atoms with Gasteiger partial charge >= 0.3 is 0 Å². The van der Waals surface area contributed by atoms with Crippen LogP contribution in [-0.4, -0.2) is 31.8 Å². The van der Waals surface area contributed by atoms with Crippen molar-refractivity contribution in [3.8, 4) is 11.8 Å². The Bertz CT molecular complexity index is 376. The highest BCUT2D eigenvalue weighted by Gasteiger charge is 2.00. The molecule has 0 saturated carbocycles. The number of thioether (sulfide) groups is 1. The van der Waals surface area contributed by atoms with E-state index in [4.69, 9.17) is 14.7 Å². The zero-order valence-corrected chi connectivity index (χ0v) is 11.5. The first-order valence-corrected chi connectivity index (χ1v) is 7.22. The fraction of sp³-hybridized carbons (Fsp3) is 0.500. The van der Waals surface area contributed by atoms with Gasteiger partial charge in [0.25, 0.3) is 0 Å². The Kier molecular flexibility index (Phi) is 8.11. The number of benzene rings is 1. The predicted molar refractivity (Wildman–Crippen MR) is 75.1 cm³/mol. The van der Waals surface area contributed by atoms with Crippen LogP contribution in [-0.2, 0) is 4.74 Å². The van der Waals surface area contributed by atoms with Crippen LogP contribution in [0.1, 0.15) is 18.4 Å². The van der Waals surface area contributed by atoms with Crippen LogP contribution in [0.15, 0.2) is 24.3 Å². The third-order valence-electron chi connectivity index (χ3n) is 2.34. The average Bonchev–Trinajstić information content (AvgIpc) is 2.42. The second kappa shape index (κ2) is 9.81. The minimum absolute atomic E-state index is 0.602. The van der Waals surface area contributed by atoms with Gasteiger partial charge in [0, 0.05) is 13.7 Å². The lowest BCUT2D eigenvalue weighted by atomic mass is 10.2. The summed E-state index contributed by atoms with van der Waals surface area (Å²) in [5.74, 6) is 2.89. The molecule has 98 valence electrons. The Hall–Kier alpha value is -1.18. The minimum atomic E-state index is 0.602. The molecule has 0 heterocycles. The number of methoxy groups -OCH3 is 1. The van der Waals surface area contributed by atoms with E-state index in [1.54, 1.807) is 13.2 Å². The zero-order chi connectivity index (χ0) is 13.1. The Morgan fingerprint density at radius 1 is 1.17 bits per heavy atom. The molecule has 0 spiro atoms. The maximum Gasteiger partial charge on any atom is 0.137 e. The zero-order valence-electron chi connectivity index (χ0n) is 10.7. The van der Waals surface area contributed by atoms with Crippen molar-refractivity contribution in [2.75, 3.05) is 31.8 Å². The molecule has 4 heteroatoms. The molecule has 1 rings (SSSR count). The first kappa shape index (κ1) is 14.9. The van der Waals surface area contributed by atoms with E-state index in [0.717, 1.165) is 31.0 Å². The van der Waals surface area contributed by atoms with Crippen molar-refractivity contribution in [1.82, 2.24) is 0 Å². The molecular formula is C14H19NO2S. The molecule has 0 bridgehead atoms. The topological polar surface area (TPSA) is 42.2 Å². The van der Waals surface area contributed by atoms with Crippen molar-refractivity contribution >= 4 is 11.8 Å². The lowest BCUT2D eigenvalue weighted by Gasteiger charge is -2.07. The van der Waals surface area contributed by atoms with Gasteiger partial charge in [0.1, 0.15) is 11.8 Å². The lowest BCUT2D eigenvalue weighted by Crippen LogP contribution is -2.01. The molecule has 0 radical (unpaired) electrons. The van der Waals surface area contributed by atoms with E-state index in [1.165, 1.54) is 0 Å². The predicted octanol–water partition coefficient (Wildman–Crippen LogP) is 3.10. The molecule has 3 nitrogen and oxygen atoms in total. The Balaban J connectivity index is 2.09. The second-order valence-corrected chi connectivity index (χ2v) is 4.99. The van der Waals surface area contributed by atoms with Crippen LogP contribution in [0, 0.1) is 11.3 Å². The van der Waals surface area contributed by atoms with Crippen LogP contribution in [0.5, 0.6) is 5.75 Å². The molecule has 0 fully saturated rings. The minimum Gasteiger partial charge on any atom is -0.492 e. The van der Waals surface area contributed by atoms with E-state index in [1.807, 2.05) is 30.0 Å². The van der Waals surface area contributed by atoms with Gasteiger partial charge in [-0.05, 0) is 36.5 Å². The fourth-order valence-corrected chi connectivity index (χ4v) is 2.28. The first-order valence-electron chi connectivity index (χ1n) is 6.07. The summed E-state index contributed by atoms with van der Waals surface area (Å²) in [7, 11) is 1.73. The van der Waals surface area contributed by atoms with E-state index in [-0.39, 0.29) is 0 Å². The highest BCUT2D eigenvalue weighted by Crippen LogP contribution is 2.16. The fourth-order valence-electron chi connectivity index (χ4n) is 1.44. The highest BCUT2D eigenvalue weighted by molar-refractivity contribution is 7.99. The van der Waals surface area contributed by atoms with Crippen LogP contribution in [0.2, 0.25) is 0 Å². The lowest BCUT2D eigenvalue weighted by molar-refractivity contribution is 0.200. The molecule has 0 aromatic heterocycles. The maximum absolute atomic E-state index is 8.90. The molecule has 0 saturated heterocycles. The van der Waals surface area contributed by atoms with E-state index in [9.17, 15) is 0 Å². The average molecular weight is 265 g/mol. The standard InChI is InChI=1S/C14H19NO2S/c1-16-8-4-10-18-11-5-9-17-14-7-3-2-6-13(14)12-15/h2-3,6-7H,4-5,8-11H2,1H3. The summed E-state index contributed by atoms with van der Waals surface area (Å²) in [6, 6.07) is 9.47. The summed E-state index contributed by atoms with van der Waals surface area (Å²) in [4.78, 5) is 0. The van der Waals surface area contributed by atoms with E-state index < -0.39 is 0 Å². The smallest absolute Gasteiger partial charge is 0.137 e. The summed E-state index contributed by atoms with van der Waals surface area (Å²) in [5.41, 5.74) is 0.602. The molecule has 0 aliphatic carbocycles. The first-order chi connectivity index (χ1) is 8.88. The van der Waals surface area contributed by atoms with Gasteiger partial charge in [0.2, 0.25) is 0 Å². The van der Waals surface area contributed by atoms with Crippen LogP contribution < -0.4 is 4.74 Å². The summed E-state index contributed by atoms with van der Waals surface area (Å²) < 4.78 is 10.6. The Morgan fingerprint density at radius 2 is 1.89 bits per heavy atom. The number of nitriles is 1. The van der Waals surface area contributed by atoms with Crippen LogP contribution in [0.3, 0.4) is 0 Å². The monoisotopic (exact) mass is 265 g/mol. The van der Waals surface area contributed by atoms with Crippen molar-refractivity contribution in [2.45, 2.75) is 12.8 Å². The number of para-hydroxylation sites is 1. The summed E-state index contributed by atoms with van der Waals surface area (Å²) in [6.45, 7) is 1.50. The summed E-state index contributed by atoms with van der Waals surface area (Å²) in [5, 5.41) is 8.90. The molecule has 1 aromatic carbocycles. The van der Waals surface area contributed by atoms with Gasteiger partial charge in [-0.25, -0.2) is 0 Å². The van der Waals surface area contributed by atoms with Gasteiger partial charge in [-0.15, -0.1) is 0 Å². The van der Waals surface area contributed by atoms with Gasteiger partial charge in [0.05, 0.1) is 12.2 Å². The van der Waals surface area contributed by atoms with Crippen molar-refractivity contribution in [2.24, 2.45) is 0 Å². The molecule has 0 unspecified atom stereocenters. The number of hydrogen-bond donors (Lipinski definition) is 0. The number of ether oxygens (including phenoxy) is 2. The van der Waals surface area contributed by atoms with E-state index in [0.29, 0.717) is 17.9 Å². The van der Waals surface area contributed by atoms with Crippen LogP contribution in [0.25, 0.3) is 0 Å². The molecule has 1 aromatic rings. The summed E-state index contributed by atoms with van der Waals surface area (Å²) in [6.07, 6.45) is 2.09. The molecule has 0 atom stereocenters. The molecular weight excluding hydrogens is 246 g/mol. The van der Waals surface area contributed by atoms with Crippen molar-refractivity contribution in [1.29, 1.82) is 5.26 Å². The molecule has 0 aliphatic heterocycles. The van der Waals surface area contributed by atoms with Gasteiger partial charge in [-0.3, -0.25) is 0 Å². The second-order valence-electron chi connectivity index (χ2n) is 3.77. The normalized spacial score (nSPS) is 10.0. The van der Waals surface area contributed by atoms with Crippen LogP contribution in [0.4, 0.5) is 0 Å². The highest BCUT2D eigenvalue weighted by atomic mass is 32.2. The summed E-state index contributed by atoms with van der Waals surface area (Å²) >= 11 is 1.91. The van der Waals surface area contributed by atoms with Crippen molar-refractivity contribution < 1.29 is 9.47 Å². The molecule has 0 aliphatic rings. The molecule has 0 amide bonds. The third-order valence-corrected chi connectivity index (χ3v) is 3.49. The Labute approximate surface area is 113 Å². The van der Waals surface area contributed by atoms with Gasteiger partial charge in [-0.1, -0.05) is 12.1 Å². The van der Waals surface area contributed by atoms with Crippen molar-refractivity contribution in [3.05, 3.63) is 29.8 Å². The van der Waals surface area contributed by atoms with Gasteiger partial charge < -0.3 is 9.47 Å². The third kappa shape index (κ3) is 5.95. The van der Waals surface area contributed by atoms with Crippen LogP contribution >= 0.6 is 11.8 Å². The van der Waals surface area contributed by atoms with Gasteiger partial charge in [-0.2, -0.15) is 17.0 Å². The Morgan fingerprint density at radius 3 is 2.61 bits per heavy atom. The number of nitrogens with zero attached hydrogens (tertiary/aromatic N) is 1. The van der Waals surface area contributed by atoms with E-state index in [2.05, 4.69) is 6.07 Å². The van der Waals surface area contributed by atoms with E-state index >= 15 is 0 Å². The maximum atomic E-state index is 8.90. The van der Waals surface area contributed by atoms with Crippen molar-refractivity contribution in [3.63, 3.8) is 0 Å².